The highest BCUT2D eigenvalue weighted by atomic mass is 16.5. The number of carbonyl (C=O) groups is 2. The Kier molecular flexibility index (Phi) is 42.2. The third-order valence-corrected chi connectivity index (χ3v) is 10.4. The van der Waals surface area contributed by atoms with E-state index in [2.05, 4.69) is 43.5 Å². The van der Waals surface area contributed by atoms with E-state index in [1.165, 1.54) is 135 Å². The second-order valence-electron chi connectivity index (χ2n) is 15.7. The molecule has 0 aromatic heterocycles. The van der Waals surface area contributed by atoms with Gasteiger partial charge in [-0.15, -0.1) is 0 Å². The minimum absolute atomic E-state index is 0.0419. The van der Waals surface area contributed by atoms with Gasteiger partial charge in [0.2, 0.25) is 5.91 Å². The molecule has 2 unspecified atom stereocenters. The summed E-state index contributed by atoms with van der Waals surface area (Å²) in [6, 6.07) is -0.648. The number of aliphatic hydroxyl groups excluding tert-OH is 2. The van der Waals surface area contributed by atoms with E-state index in [0.717, 1.165) is 70.6 Å². The van der Waals surface area contributed by atoms with E-state index < -0.39 is 12.1 Å². The lowest BCUT2D eigenvalue weighted by atomic mass is 10.0. The highest BCUT2D eigenvalue weighted by molar-refractivity contribution is 5.76. The van der Waals surface area contributed by atoms with Gasteiger partial charge in [-0.05, 0) is 64.2 Å². The van der Waals surface area contributed by atoms with Gasteiger partial charge in [-0.3, -0.25) is 9.59 Å². The van der Waals surface area contributed by atoms with Crippen LogP contribution in [0, 0.1) is 0 Å². The molecule has 0 aliphatic rings. The first-order chi connectivity index (χ1) is 26.5. The normalized spacial score (nSPS) is 13.0. The summed E-state index contributed by atoms with van der Waals surface area (Å²) in [6.45, 7) is 4.79. The van der Waals surface area contributed by atoms with Crippen molar-refractivity contribution < 1.29 is 24.5 Å². The summed E-state index contributed by atoms with van der Waals surface area (Å²) >= 11 is 0. The van der Waals surface area contributed by atoms with Crippen molar-refractivity contribution in [3.8, 4) is 0 Å². The Morgan fingerprint density at radius 1 is 0.519 bits per heavy atom. The minimum Gasteiger partial charge on any atom is -0.466 e. The number of hydrogen-bond acceptors (Lipinski definition) is 5. The molecule has 0 spiro atoms. The summed E-state index contributed by atoms with van der Waals surface area (Å²) < 4.78 is 5.43. The van der Waals surface area contributed by atoms with Gasteiger partial charge in [-0.25, -0.2) is 0 Å². The standard InChI is InChI=1S/C48H89NO5/c1-3-5-7-9-11-13-15-17-18-19-20-22-26-30-34-38-42-48(53)54-43-39-35-31-27-23-25-29-33-37-41-47(52)49-45(44-50)46(51)40-36-32-28-24-21-16-14-12-10-8-6-4-2/h13,15,18-19,36,40,45-46,50-51H,3-12,14,16-17,20-35,37-39,41-44H2,1-2H3,(H,49,52)/b15-13-,19-18-,40-36+. The SMILES string of the molecule is CCCCCC/C=C\C/C=C\CCCCCCCC(=O)OCCCCCCCCCCCC(=O)NC(CO)C(O)/C=C/CCCCCCCCCCCC. The van der Waals surface area contributed by atoms with Crippen molar-refractivity contribution in [2.24, 2.45) is 0 Å². The molecule has 0 aliphatic carbocycles. The van der Waals surface area contributed by atoms with Crippen LogP contribution in [0.15, 0.2) is 36.5 Å². The molecule has 316 valence electrons. The fourth-order valence-corrected chi connectivity index (χ4v) is 6.78. The molecule has 6 nitrogen and oxygen atoms in total. The zero-order valence-electron chi connectivity index (χ0n) is 35.7. The number of esters is 1. The predicted molar refractivity (Wildman–Crippen MR) is 232 cm³/mol. The fraction of sp³-hybridized carbons (Fsp3) is 0.833. The Morgan fingerprint density at radius 2 is 0.926 bits per heavy atom. The van der Waals surface area contributed by atoms with Crippen molar-refractivity contribution in [1.82, 2.24) is 5.32 Å². The zero-order valence-corrected chi connectivity index (χ0v) is 35.7. The first-order valence-electron chi connectivity index (χ1n) is 23.3. The summed E-state index contributed by atoms with van der Waals surface area (Å²) in [5.74, 6) is -0.141. The van der Waals surface area contributed by atoms with Crippen molar-refractivity contribution in [2.75, 3.05) is 13.2 Å². The fourth-order valence-electron chi connectivity index (χ4n) is 6.78. The van der Waals surface area contributed by atoms with E-state index >= 15 is 0 Å². The summed E-state index contributed by atoms with van der Waals surface area (Å²) in [7, 11) is 0. The van der Waals surface area contributed by atoms with E-state index in [1.54, 1.807) is 6.08 Å². The molecular formula is C48H89NO5. The average Bonchev–Trinajstić information content (AvgIpc) is 3.17. The Balaban J connectivity index is 3.55. The third-order valence-electron chi connectivity index (χ3n) is 10.4. The topological polar surface area (TPSA) is 95.9 Å². The maximum absolute atomic E-state index is 12.4. The van der Waals surface area contributed by atoms with Crippen LogP contribution in [0.4, 0.5) is 0 Å². The number of hydrogen-bond donors (Lipinski definition) is 3. The van der Waals surface area contributed by atoms with Gasteiger partial charge in [-0.1, -0.05) is 192 Å². The molecule has 0 heterocycles. The van der Waals surface area contributed by atoms with Crippen LogP contribution in [0.2, 0.25) is 0 Å². The number of carbonyl (C=O) groups excluding carboxylic acids is 2. The number of rotatable bonds is 42. The molecule has 0 fully saturated rings. The lowest BCUT2D eigenvalue weighted by Gasteiger charge is -2.20. The van der Waals surface area contributed by atoms with Crippen LogP contribution in [0.3, 0.4) is 0 Å². The van der Waals surface area contributed by atoms with Crippen molar-refractivity contribution >= 4 is 11.9 Å². The van der Waals surface area contributed by atoms with Crippen molar-refractivity contribution in [2.45, 2.75) is 244 Å². The van der Waals surface area contributed by atoms with Gasteiger partial charge in [0.15, 0.2) is 0 Å². The molecule has 1 amide bonds. The molecule has 54 heavy (non-hydrogen) atoms. The van der Waals surface area contributed by atoms with Gasteiger partial charge in [0.05, 0.1) is 25.4 Å². The molecule has 0 saturated heterocycles. The molecule has 3 N–H and O–H groups in total. The lowest BCUT2D eigenvalue weighted by Crippen LogP contribution is -2.45. The Morgan fingerprint density at radius 3 is 1.43 bits per heavy atom. The van der Waals surface area contributed by atoms with Crippen molar-refractivity contribution in [3.63, 3.8) is 0 Å². The van der Waals surface area contributed by atoms with Gasteiger partial charge < -0.3 is 20.3 Å². The highest BCUT2D eigenvalue weighted by Gasteiger charge is 2.18. The highest BCUT2D eigenvalue weighted by Crippen LogP contribution is 2.14. The van der Waals surface area contributed by atoms with Gasteiger partial charge >= 0.3 is 5.97 Å². The van der Waals surface area contributed by atoms with Gasteiger partial charge in [0.1, 0.15) is 0 Å². The second kappa shape index (κ2) is 43.8. The molecular weight excluding hydrogens is 671 g/mol. The molecule has 6 heteroatoms. The Labute approximate surface area is 334 Å². The van der Waals surface area contributed by atoms with Gasteiger partial charge in [-0.2, -0.15) is 0 Å². The molecule has 0 aromatic rings. The molecule has 0 radical (unpaired) electrons. The number of ether oxygens (including phenoxy) is 1. The van der Waals surface area contributed by atoms with E-state index in [4.69, 9.17) is 4.74 Å². The van der Waals surface area contributed by atoms with Gasteiger partial charge in [0.25, 0.3) is 0 Å². The largest absolute Gasteiger partial charge is 0.466 e. The second-order valence-corrected chi connectivity index (χ2v) is 15.7. The summed E-state index contributed by atoms with van der Waals surface area (Å²) in [4.78, 5) is 24.4. The van der Waals surface area contributed by atoms with E-state index in [-0.39, 0.29) is 18.5 Å². The lowest BCUT2D eigenvalue weighted by molar-refractivity contribution is -0.143. The number of amides is 1. The predicted octanol–water partition coefficient (Wildman–Crippen LogP) is 13.3. The molecule has 0 aromatic carbocycles. The zero-order chi connectivity index (χ0) is 39.4. The third kappa shape index (κ3) is 39.8. The number of unbranched alkanes of at least 4 members (excludes halogenated alkanes) is 27. The Hall–Kier alpha value is -1.92. The maximum Gasteiger partial charge on any atom is 0.305 e. The van der Waals surface area contributed by atoms with E-state index in [1.807, 2.05) is 6.08 Å². The number of allylic oxidation sites excluding steroid dienone is 5. The van der Waals surface area contributed by atoms with E-state index in [0.29, 0.717) is 19.4 Å². The van der Waals surface area contributed by atoms with Crippen LogP contribution in [0.25, 0.3) is 0 Å². The monoisotopic (exact) mass is 760 g/mol. The van der Waals surface area contributed by atoms with E-state index in [9.17, 15) is 19.8 Å². The molecule has 0 bridgehead atoms. The van der Waals surface area contributed by atoms with Crippen LogP contribution in [-0.2, 0) is 14.3 Å². The van der Waals surface area contributed by atoms with Crippen LogP contribution >= 0.6 is 0 Å². The van der Waals surface area contributed by atoms with Crippen LogP contribution in [0.5, 0.6) is 0 Å². The Bertz CT molecular complexity index is 884. The number of nitrogens with one attached hydrogen (secondary N) is 1. The van der Waals surface area contributed by atoms with Crippen molar-refractivity contribution in [3.05, 3.63) is 36.5 Å². The maximum atomic E-state index is 12.4. The summed E-state index contributed by atoms with van der Waals surface area (Å²) in [5, 5.41) is 22.9. The molecule has 0 aliphatic heterocycles. The molecule has 0 rings (SSSR count). The molecule has 2 atom stereocenters. The smallest absolute Gasteiger partial charge is 0.305 e. The number of aliphatic hydroxyl groups is 2. The molecule has 0 saturated carbocycles. The van der Waals surface area contributed by atoms with Crippen LogP contribution < -0.4 is 5.32 Å². The summed E-state index contributed by atoms with van der Waals surface area (Å²) in [5.41, 5.74) is 0. The van der Waals surface area contributed by atoms with Gasteiger partial charge in [0, 0.05) is 12.8 Å². The minimum atomic E-state index is -0.861. The average molecular weight is 760 g/mol. The first-order valence-corrected chi connectivity index (χ1v) is 23.3. The summed E-state index contributed by atoms with van der Waals surface area (Å²) in [6.07, 6.45) is 51.2. The quantitative estimate of drug-likeness (QED) is 0.0327. The van der Waals surface area contributed by atoms with Crippen LogP contribution in [-0.4, -0.2) is 47.4 Å². The van der Waals surface area contributed by atoms with Crippen LogP contribution in [0.1, 0.15) is 232 Å². The first kappa shape index (κ1) is 52.1. The van der Waals surface area contributed by atoms with Crippen molar-refractivity contribution in [1.29, 1.82) is 0 Å².